The van der Waals surface area contributed by atoms with Crippen molar-refractivity contribution in [2.24, 2.45) is 0 Å². The number of halogens is 1. The number of carbonyl (C=O) groups is 1. The van der Waals surface area contributed by atoms with Crippen molar-refractivity contribution < 1.29 is 9.18 Å². The van der Waals surface area contributed by atoms with E-state index in [0.717, 1.165) is 11.1 Å². The number of amides is 1. The summed E-state index contributed by atoms with van der Waals surface area (Å²) in [6.07, 6.45) is 3.70. The highest BCUT2D eigenvalue weighted by atomic mass is 19.1. The smallest absolute Gasteiger partial charge is 0.276 e. The van der Waals surface area contributed by atoms with E-state index in [0.29, 0.717) is 12.4 Å². The van der Waals surface area contributed by atoms with Crippen LogP contribution in [0.5, 0.6) is 0 Å². The fourth-order valence-corrected chi connectivity index (χ4v) is 3.03. The molecule has 1 amide bonds. The van der Waals surface area contributed by atoms with Gasteiger partial charge in [-0.25, -0.2) is 9.07 Å². The Balaban J connectivity index is 1.59. The summed E-state index contributed by atoms with van der Waals surface area (Å²) >= 11 is 0. The Hall–Kier alpha value is -3.74. The zero-order valence-electron chi connectivity index (χ0n) is 15.9. The minimum Gasteiger partial charge on any atom is -0.346 e. The average Bonchev–Trinajstić information content (AvgIpc) is 3.39. The van der Waals surface area contributed by atoms with Gasteiger partial charge in [0, 0.05) is 18.9 Å². The molecular weight excluding hydrogens is 369 g/mol. The Kier molecular flexibility index (Phi) is 5.20. The molecule has 1 N–H and O–H groups in total. The lowest BCUT2D eigenvalue weighted by Crippen LogP contribution is -2.25. The molecule has 146 valence electrons. The second-order valence-corrected chi connectivity index (χ2v) is 6.80. The highest BCUT2D eigenvalue weighted by molar-refractivity contribution is 5.95. The van der Waals surface area contributed by atoms with Crippen molar-refractivity contribution in [3.8, 4) is 5.82 Å². The van der Waals surface area contributed by atoms with Crippen LogP contribution in [0.25, 0.3) is 5.82 Å². The van der Waals surface area contributed by atoms with E-state index in [4.69, 9.17) is 0 Å². The summed E-state index contributed by atoms with van der Waals surface area (Å²) in [4.78, 5) is 12.8. The van der Waals surface area contributed by atoms with E-state index in [1.54, 1.807) is 16.8 Å². The largest absolute Gasteiger partial charge is 0.346 e. The van der Waals surface area contributed by atoms with E-state index < -0.39 is 0 Å². The fourth-order valence-electron chi connectivity index (χ4n) is 3.03. The third-order valence-corrected chi connectivity index (χ3v) is 4.59. The van der Waals surface area contributed by atoms with Crippen LogP contribution in [-0.2, 0) is 13.1 Å². The molecule has 0 aliphatic rings. The predicted octanol–water partition coefficient (Wildman–Crippen LogP) is 3.49. The maximum Gasteiger partial charge on any atom is 0.276 e. The second-order valence-electron chi connectivity index (χ2n) is 6.80. The van der Waals surface area contributed by atoms with Crippen LogP contribution in [0.3, 0.4) is 0 Å². The van der Waals surface area contributed by atoms with Gasteiger partial charge in [0.15, 0.2) is 11.5 Å². The highest BCUT2D eigenvalue weighted by Gasteiger charge is 2.21. The first-order valence-corrected chi connectivity index (χ1v) is 9.25. The number of carbonyl (C=O) groups excluding carboxylic acids is 1. The fraction of sp³-hybridized carbons (Fsp3) is 0.136. The van der Waals surface area contributed by atoms with Gasteiger partial charge in [0.1, 0.15) is 5.82 Å². The topological polar surface area (TPSA) is 64.7 Å². The normalized spacial score (nSPS) is 10.8. The lowest BCUT2D eigenvalue weighted by molar-refractivity contribution is 0.0946. The molecule has 6 nitrogen and oxygen atoms in total. The van der Waals surface area contributed by atoms with Crippen LogP contribution < -0.4 is 5.32 Å². The Morgan fingerprint density at radius 3 is 2.34 bits per heavy atom. The molecule has 0 radical (unpaired) electrons. The maximum absolute atomic E-state index is 13.1. The first-order valence-electron chi connectivity index (χ1n) is 9.25. The van der Waals surface area contributed by atoms with Crippen LogP contribution in [-0.4, -0.2) is 25.5 Å². The van der Waals surface area contributed by atoms with Gasteiger partial charge in [-0.1, -0.05) is 47.2 Å². The van der Waals surface area contributed by atoms with Crippen LogP contribution in [0.1, 0.15) is 27.2 Å². The third-order valence-electron chi connectivity index (χ3n) is 4.59. The van der Waals surface area contributed by atoms with Gasteiger partial charge >= 0.3 is 0 Å². The van der Waals surface area contributed by atoms with Crippen LogP contribution >= 0.6 is 0 Å². The van der Waals surface area contributed by atoms with Crippen LogP contribution in [0.15, 0.2) is 73.1 Å². The van der Waals surface area contributed by atoms with Crippen molar-refractivity contribution in [2.45, 2.75) is 20.0 Å². The summed E-state index contributed by atoms with van der Waals surface area (Å²) in [5, 5.41) is 11.2. The summed E-state index contributed by atoms with van der Waals surface area (Å²) in [5.41, 5.74) is 3.27. The zero-order valence-corrected chi connectivity index (χ0v) is 15.9. The lowest BCUT2D eigenvalue weighted by Gasteiger charge is -2.10. The highest BCUT2D eigenvalue weighted by Crippen LogP contribution is 2.15. The van der Waals surface area contributed by atoms with Crippen molar-refractivity contribution in [3.05, 3.63) is 101 Å². The van der Waals surface area contributed by atoms with Gasteiger partial charge in [-0.2, -0.15) is 0 Å². The first kappa shape index (κ1) is 18.6. The standard InChI is InChI=1S/C22H20FN5O/c1-16-4-6-18(7-5-16)15-28-22(27-12-2-3-13-27)20(25-26-28)21(29)24-14-17-8-10-19(23)11-9-17/h2-13H,14-15H2,1H3,(H,24,29). The van der Waals surface area contributed by atoms with Gasteiger partial charge in [0.25, 0.3) is 5.91 Å². The molecule has 7 heteroatoms. The van der Waals surface area contributed by atoms with E-state index in [2.05, 4.69) is 15.6 Å². The van der Waals surface area contributed by atoms with Crippen LogP contribution in [0.4, 0.5) is 4.39 Å². The molecule has 0 bridgehead atoms. The summed E-state index contributed by atoms with van der Waals surface area (Å²) in [7, 11) is 0. The molecule has 4 aromatic rings. The van der Waals surface area contributed by atoms with Crippen molar-refractivity contribution in [2.75, 3.05) is 0 Å². The first-order chi connectivity index (χ1) is 14.1. The van der Waals surface area contributed by atoms with E-state index >= 15 is 0 Å². The summed E-state index contributed by atoms with van der Waals surface area (Å²) in [6, 6.07) is 17.9. The molecule has 0 unspecified atom stereocenters. The average molecular weight is 389 g/mol. The van der Waals surface area contributed by atoms with Gasteiger partial charge in [0.2, 0.25) is 0 Å². The molecule has 2 aromatic heterocycles. The zero-order chi connectivity index (χ0) is 20.2. The predicted molar refractivity (Wildman–Crippen MR) is 107 cm³/mol. The monoisotopic (exact) mass is 389 g/mol. The molecule has 2 aromatic carbocycles. The van der Waals surface area contributed by atoms with Gasteiger partial charge in [-0.05, 0) is 42.3 Å². The molecule has 29 heavy (non-hydrogen) atoms. The van der Waals surface area contributed by atoms with Crippen molar-refractivity contribution in [1.29, 1.82) is 0 Å². The summed E-state index contributed by atoms with van der Waals surface area (Å²) in [6.45, 7) is 2.80. The van der Waals surface area contributed by atoms with Crippen molar-refractivity contribution in [1.82, 2.24) is 24.9 Å². The SMILES string of the molecule is Cc1ccc(Cn2nnc(C(=O)NCc3ccc(F)cc3)c2-n2cccc2)cc1. The number of nitrogens with one attached hydrogen (secondary N) is 1. The third kappa shape index (κ3) is 4.24. The molecule has 0 aliphatic heterocycles. The molecule has 0 saturated carbocycles. The van der Waals surface area contributed by atoms with E-state index in [1.165, 1.54) is 17.7 Å². The molecule has 0 spiro atoms. The summed E-state index contributed by atoms with van der Waals surface area (Å²) < 4.78 is 16.6. The van der Waals surface area contributed by atoms with E-state index in [-0.39, 0.29) is 24.0 Å². The number of nitrogens with zero attached hydrogens (tertiary/aromatic N) is 4. The molecule has 0 atom stereocenters. The second kappa shape index (κ2) is 8.10. The van der Waals surface area contributed by atoms with Gasteiger partial charge in [0.05, 0.1) is 6.54 Å². The molecule has 0 fully saturated rings. The van der Waals surface area contributed by atoms with Crippen LogP contribution in [0.2, 0.25) is 0 Å². The van der Waals surface area contributed by atoms with Gasteiger partial charge in [-0.3, -0.25) is 4.79 Å². The van der Waals surface area contributed by atoms with Crippen molar-refractivity contribution in [3.63, 3.8) is 0 Å². The Bertz CT molecular complexity index is 1100. The lowest BCUT2D eigenvalue weighted by atomic mass is 10.1. The minimum absolute atomic E-state index is 0.232. The maximum atomic E-state index is 13.1. The van der Waals surface area contributed by atoms with E-state index in [9.17, 15) is 9.18 Å². The number of rotatable bonds is 6. The van der Waals surface area contributed by atoms with Crippen molar-refractivity contribution >= 4 is 5.91 Å². The number of aryl methyl sites for hydroxylation is 1. The Morgan fingerprint density at radius 2 is 1.66 bits per heavy atom. The van der Waals surface area contributed by atoms with Crippen LogP contribution in [0, 0.1) is 12.7 Å². The Labute approximate surface area is 167 Å². The number of benzene rings is 2. The van der Waals surface area contributed by atoms with Gasteiger partial charge < -0.3 is 9.88 Å². The van der Waals surface area contributed by atoms with Gasteiger partial charge in [-0.15, -0.1) is 5.10 Å². The Morgan fingerprint density at radius 1 is 1.00 bits per heavy atom. The molecule has 2 heterocycles. The van der Waals surface area contributed by atoms with E-state index in [1.807, 2.05) is 60.3 Å². The minimum atomic E-state index is -0.340. The quantitative estimate of drug-likeness (QED) is 0.549. The number of hydrogen-bond donors (Lipinski definition) is 1. The molecule has 4 rings (SSSR count). The molecular formula is C22H20FN5O. The summed E-state index contributed by atoms with van der Waals surface area (Å²) in [5.74, 6) is -0.0608. The molecule has 0 aliphatic carbocycles. The number of aromatic nitrogens is 4. The number of hydrogen-bond acceptors (Lipinski definition) is 3. The molecule has 0 saturated heterocycles.